The number of allylic oxidation sites excluding steroid dienone is 1. The lowest BCUT2D eigenvalue weighted by molar-refractivity contribution is -0.121. The highest BCUT2D eigenvalue weighted by molar-refractivity contribution is 5.79. The van der Waals surface area contributed by atoms with Gasteiger partial charge in [0.15, 0.2) is 0 Å². The van der Waals surface area contributed by atoms with Gasteiger partial charge >= 0.3 is 0 Å². The summed E-state index contributed by atoms with van der Waals surface area (Å²) < 4.78 is 26.9. The van der Waals surface area contributed by atoms with E-state index in [1.165, 1.54) is 6.07 Å². The lowest BCUT2D eigenvalue weighted by Crippen LogP contribution is -2.16. The molecule has 1 fully saturated rings. The minimum absolute atomic E-state index is 0.358. The van der Waals surface area contributed by atoms with Crippen molar-refractivity contribution in [1.82, 2.24) is 0 Å². The third-order valence-electron chi connectivity index (χ3n) is 4.81. The number of hydrogen-bond donors (Lipinski definition) is 0. The minimum atomic E-state index is -0.494. The third kappa shape index (κ3) is 3.39. The third-order valence-corrected chi connectivity index (χ3v) is 4.81. The van der Waals surface area contributed by atoms with E-state index in [0.717, 1.165) is 50.2 Å². The molecule has 2 aliphatic carbocycles. The van der Waals surface area contributed by atoms with E-state index in [1.807, 2.05) is 0 Å². The molecule has 3 heteroatoms. The van der Waals surface area contributed by atoms with Crippen molar-refractivity contribution in [2.45, 2.75) is 44.9 Å². The molecule has 3 rings (SSSR count). The van der Waals surface area contributed by atoms with Gasteiger partial charge in [0.25, 0.3) is 0 Å². The van der Waals surface area contributed by atoms with Gasteiger partial charge < -0.3 is 0 Å². The van der Waals surface area contributed by atoms with Gasteiger partial charge in [-0.05, 0) is 55.6 Å². The maximum absolute atomic E-state index is 13.6. The summed E-state index contributed by atoms with van der Waals surface area (Å²) in [5.41, 5.74) is 1.31. The Morgan fingerprint density at radius 3 is 2.62 bits per heavy atom. The highest BCUT2D eigenvalue weighted by Crippen LogP contribution is 2.32. The zero-order valence-corrected chi connectivity index (χ0v) is 12.1. The SMILES string of the molecule is O=C1CCC(CCC2C=Cc3c(F)cc(F)cc3C2)CC1. The molecule has 1 atom stereocenters. The summed E-state index contributed by atoms with van der Waals surface area (Å²) in [5.74, 6) is 0.429. The number of Topliss-reactive ketones (excluding diaryl/α,β-unsaturated/α-hetero) is 1. The predicted octanol–water partition coefficient (Wildman–Crippen LogP) is 4.69. The van der Waals surface area contributed by atoms with Crippen molar-refractivity contribution in [1.29, 1.82) is 0 Å². The van der Waals surface area contributed by atoms with Gasteiger partial charge in [-0.15, -0.1) is 0 Å². The zero-order chi connectivity index (χ0) is 14.8. The molecule has 1 nitrogen and oxygen atoms in total. The Kier molecular flexibility index (Phi) is 4.18. The summed E-state index contributed by atoms with van der Waals surface area (Å²) in [6.45, 7) is 0. The van der Waals surface area contributed by atoms with Crippen molar-refractivity contribution in [3.63, 3.8) is 0 Å². The van der Waals surface area contributed by atoms with Crippen LogP contribution in [0, 0.1) is 23.5 Å². The second kappa shape index (κ2) is 6.08. The van der Waals surface area contributed by atoms with E-state index in [9.17, 15) is 13.6 Å². The van der Waals surface area contributed by atoms with Gasteiger partial charge in [0.2, 0.25) is 0 Å². The standard InChI is InChI=1S/C18H20F2O/c19-15-10-14-9-13(5-8-17(14)18(20)11-15)2-1-12-3-6-16(21)7-4-12/h5,8,10-13H,1-4,6-7,9H2. The number of benzene rings is 1. The minimum Gasteiger partial charge on any atom is -0.300 e. The van der Waals surface area contributed by atoms with Crippen LogP contribution in [-0.2, 0) is 11.2 Å². The van der Waals surface area contributed by atoms with Crippen LogP contribution in [-0.4, -0.2) is 5.78 Å². The molecule has 112 valence electrons. The van der Waals surface area contributed by atoms with Crippen molar-refractivity contribution < 1.29 is 13.6 Å². The maximum atomic E-state index is 13.6. The molecule has 0 spiro atoms. The van der Waals surface area contributed by atoms with Gasteiger partial charge in [-0.25, -0.2) is 8.78 Å². The van der Waals surface area contributed by atoms with Crippen LogP contribution >= 0.6 is 0 Å². The normalized spacial score (nSPS) is 22.4. The lowest BCUT2D eigenvalue weighted by atomic mass is 9.80. The van der Waals surface area contributed by atoms with Crippen molar-refractivity contribution >= 4 is 11.9 Å². The molecule has 21 heavy (non-hydrogen) atoms. The number of rotatable bonds is 3. The van der Waals surface area contributed by atoms with E-state index < -0.39 is 11.6 Å². The molecule has 0 aliphatic heterocycles. The molecule has 1 unspecified atom stereocenters. The van der Waals surface area contributed by atoms with Crippen LogP contribution in [0.15, 0.2) is 18.2 Å². The van der Waals surface area contributed by atoms with E-state index in [1.54, 1.807) is 6.08 Å². The number of hydrogen-bond acceptors (Lipinski definition) is 1. The maximum Gasteiger partial charge on any atom is 0.133 e. The van der Waals surface area contributed by atoms with Crippen molar-refractivity contribution in [2.75, 3.05) is 0 Å². The molecule has 0 bridgehead atoms. The van der Waals surface area contributed by atoms with Crippen LogP contribution in [0.3, 0.4) is 0 Å². The van der Waals surface area contributed by atoms with Gasteiger partial charge in [-0.1, -0.05) is 12.2 Å². The van der Waals surface area contributed by atoms with Crippen LogP contribution in [0.1, 0.15) is 49.7 Å². The summed E-state index contributed by atoms with van der Waals surface area (Å²) in [7, 11) is 0. The van der Waals surface area contributed by atoms with Crippen molar-refractivity contribution in [3.05, 3.63) is 41.0 Å². The topological polar surface area (TPSA) is 17.1 Å². The Balaban J connectivity index is 1.58. The summed E-state index contributed by atoms with van der Waals surface area (Å²) in [6.07, 6.45) is 10.2. The molecule has 1 aromatic carbocycles. The van der Waals surface area contributed by atoms with E-state index >= 15 is 0 Å². The summed E-state index contributed by atoms with van der Waals surface area (Å²) in [6, 6.07) is 2.40. The largest absolute Gasteiger partial charge is 0.300 e. The Morgan fingerprint density at radius 2 is 1.86 bits per heavy atom. The van der Waals surface area contributed by atoms with E-state index in [-0.39, 0.29) is 0 Å². The fourth-order valence-electron chi connectivity index (χ4n) is 3.51. The molecule has 1 aromatic rings. The average molecular weight is 290 g/mol. The van der Waals surface area contributed by atoms with E-state index in [2.05, 4.69) is 6.08 Å². The highest BCUT2D eigenvalue weighted by atomic mass is 19.1. The monoisotopic (exact) mass is 290 g/mol. The summed E-state index contributed by atoms with van der Waals surface area (Å²) >= 11 is 0. The fraction of sp³-hybridized carbons (Fsp3) is 0.500. The number of carbonyl (C=O) groups excluding carboxylic acids is 1. The Bertz CT molecular complexity index is 567. The predicted molar refractivity (Wildman–Crippen MR) is 78.8 cm³/mol. The van der Waals surface area contributed by atoms with Gasteiger partial charge in [0.1, 0.15) is 17.4 Å². The van der Waals surface area contributed by atoms with Gasteiger partial charge in [0, 0.05) is 24.5 Å². The Morgan fingerprint density at radius 1 is 1.10 bits per heavy atom. The fourth-order valence-corrected chi connectivity index (χ4v) is 3.51. The summed E-state index contributed by atoms with van der Waals surface area (Å²) in [4.78, 5) is 11.2. The Labute approximate surface area is 124 Å². The van der Waals surface area contributed by atoms with Crippen molar-refractivity contribution in [3.8, 4) is 0 Å². The van der Waals surface area contributed by atoms with Gasteiger partial charge in [0.05, 0.1) is 0 Å². The smallest absolute Gasteiger partial charge is 0.133 e. The number of carbonyl (C=O) groups is 1. The first kappa shape index (κ1) is 14.4. The zero-order valence-electron chi connectivity index (χ0n) is 12.1. The van der Waals surface area contributed by atoms with Crippen LogP contribution < -0.4 is 0 Å². The highest BCUT2D eigenvalue weighted by Gasteiger charge is 2.22. The number of halogens is 2. The molecule has 0 heterocycles. The molecule has 2 aliphatic rings. The molecule has 0 amide bonds. The van der Waals surface area contributed by atoms with E-state index in [4.69, 9.17) is 0 Å². The number of ketones is 1. The van der Waals surface area contributed by atoms with E-state index in [0.29, 0.717) is 29.6 Å². The van der Waals surface area contributed by atoms with Crippen molar-refractivity contribution in [2.24, 2.45) is 11.8 Å². The molecule has 0 N–H and O–H groups in total. The first-order chi connectivity index (χ1) is 10.1. The lowest BCUT2D eigenvalue weighted by Gasteiger charge is -2.24. The second-order valence-corrected chi connectivity index (χ2v) is 6.34. The first-order valence-corrected chi connectivity index (χ1v) is 7.79. The number of fused-ring (bicyclic) bond motifs is 1. The van der Waals surface area contributed by atoms with Crippen LogP contribution in [0.5, 0.6) is 0 Å². The van der Waals surface area contributed by atoms with Crippen LogP contribution in [0.2, 0.25) is 0 Å². The molecule has 0 radical (unpaired) electrons. The molecule has 1 saturated carbocycles. The molecule has 0 aromatic heterocycles. The van der Waals surface area contributed by atoms with Gasteiger partial charge in [-0.3, -0.25) is 4.79 Å². The molecular weight excluding hydrogens is 270 g/mol. The molecule has 0 saturated heterocycles. The summed E-state index contributed by atoms with van der Waals surface area (Å²) in [5, 5.41) is 0. The van der Waals surface area contributed by atoms with Crippen LogP contribution in [0.4, 0.5) is 8.78 Å². The Hall–Kier alpha value is -1.51. The average Bonchev–Trinajstić information content (AvgIpc) is 2.46. The second-order valence-electron chi connectivity index (χ2n) is 6.34. The molecular formula is C18H20F2O. The first-order valence-electron chi connectivity index (χ1n) is 7.79. The van der Waals surface area contributed by atoms with Gasteiger partial charge in [-0.2, -0.15) is 0 Å². The van der Waals surface area contributed by atoms with Crippen LogP contribution in [0.25, 0.3) is 6.08 Å². The quantitative estimate of drug-likeness (QED) is 0.789.